The van der Waals surface area contributed by atoms with E-state index in [2.05, 4.69) is 46.8 Å². The van der Waals surface area contributed by atoms with E-state index in [0.717, 1.165) is 21.3 Å². The highest BCUT2D eigenvalue weighted by Gasteiger charge is 2.19. The number of nitrogen functional groups attached to an aromatic ring is 1. The molecule has 3 rings (SSSR count). The molecule has 0 radical (unpaired) electrons. The van der Waals surface area contributed by atoms with Gasteiger partial charge in [-0.2, -0.15) is 9.97 Å². The molecular formula is C15H14Br2ClN5O2. The fraction of sp³-hybridized carbons (Fsp3) is 0.267. The summed E-state index contributed by atoms with van der Waals surface area (Å²) in [5, 5.41) is 0.208. The summed E-state index contributed by atoms with van der Waals surface area (Å²) >= 11 is 13.2. The molecule has 2 heterocycles. The van der Waals surface area contributed by atoms with E-state index in [1.807, 2.05) is 17.6 Å². The summed E-state index contributed by atoms with van der Waals surface area (Å²) in [5.41, 5.74) is 8.57. The van der Waals surface area contributed by atoms with Gasteiger partial charge >= 0.3 is 0 Å². The minimum absolute atomic E-state index is 0.0873. The average Bonchev–Trinajstić information content (AvgIpc) is 2.87. The third kappa shape index (κ3) is 3.16. The Morgan fingerprint density at radius 1 is 1.20 bits per heavy atom. The molecule has 10 heteroatoms. The Morgan fingerprint density at radius 3 is 2.56 bits per heavy atom. The number of methoxy groups -OCH3 is 2. The first-order chi connectivity index (χ1) is 11.9. The molecule has 0 aliphatic carbocycles. The van der Waals surface area contributed by atoms with Gasteiger partial charge in [-0.1, -0.05) is 11.6 Å². The number of aromatic nitrogens is 4. The number of nitrogens with zero attached hydrogens (tertiary/aromatic N) is 4. The summed E-state index contributed by atoms with van der Waals surface area (Å²) in [5.74, 6) is 1.52. The van der Waals surface area contributed by atoms with E-state index < -0.39 is 0 Å². The predicted molar refractivity (Wildman–Crippen MR) is 104 cm³/mol. The van der Waals surface area contributed by atoms with Crippen molar-refractivity contribution in [2.45, 2.75) is 13.5 Å². The van der Waals surface area contributed by atoms with Gasteiger partial charge in [-0.15, -0.1) is 0 Å². The molecule has 2 aromatic heterocycles. The molecule has 3 aromatic rings. The van der Waals surface area contributed by atoms with Crippen molar-refractivity contribution in [2.24, 2.45) is 0 Å². The van der Waals surface area contributed by atoms with Crippen LogP contribution in [0.25, 0.3) is 11.2 Å². The number of ether oxygens (including phenoxy) is 2. The van der Waals surface area contributed by atoms with Crippen LogP contribution in [0.3, 0.4) is 0 Å². The smallest absolute Gasteiger partial charge is 0.223 e. The van der Waals surface area contributed by atoms with Crippen molar-refractivity contribution in [1.82, 2.24) is 19.5 Å². The molecule has 0 aliphatic heterocycles. The highest BCUT2D eigenvalue weighted by atomic mass is 79.9. The van der Waals surface area contributed by atoms with Crippen LogP contribution in [-0.4, -0.2) is 33.7 Å². The van der Waals surface area contributed by atoms with Crippen LogP contribution in [-0.2, 0) is 6.54 Å². The Morgan fingerprint density at radius 2 is 1.92 bits per heavy atom. The van der Waals surface area contributed by atoms with Crippen molar-refractivity contribution in [2.75, 3.05) is 20.0 Å². The standard InChI is InChI=1S/C15H14Br2ClN5O2/c1-6-8(24-2)4-7(9(16)11(6)25-3)5-23-13-10(20-14(23)17)12(18)21-15(19)22-13/h4H,5H2,1-3H3,(H2,19,21,22). The molecular weight excluding hydrogens is 477 g/mol. The molecule has 0 fully saturated rings. The predicted octanol–water partition coefficient (Wildman–Crippen LogP) is 3.96. The van der Waals surface area contributed by atoms with Gasteiger partial charge < -0.3 is 15.2 Å². The van der Waals surface area contributed by atoms with Crippen LogP contribution in [0.2, 0.25) is 5.15 Å². The lowest BCUT2D eigenvalue weighted by molar-refractivity contribution is 0.385. The highest BCUT2D eigenvalue weighted by molar-refractivity contribution is 9.10. The molecule has 0 saturated carbocycles. The molecule has 0 atom stereocenters. The first kappa shape index (κ1) is 18.2. The van der Waals surface area contributed by atoms with Gasteiger partial charge in [-0.25, -0.2) is 4.98 Å². The topological polar surface area (TPSA) is 88.1 Å². The van der Waals surface area contributed by atoms with Crippen LogP contribution in [0.5, 0.6) is 11.5 Å². The van der Waals surface area contributed by atoms with Crippen molar-refractivity contribution in [3.63, 3.8) is 0 Å². The molecule has 132 valence electrons. The summed E-state index contributed by atoms with van der Waals surface area (Å²) in [6.07, 6.45) is 0. The quantitative estimate of drug-likeness (QED) is 0.439. The molecule has 1 aromatic carbocycles. The first-order valence-corrected chi connectivity index (χ1v) is 9.08. The maximum atomic E-state index is 6.12. The zero-order valence-corrected chi connectivity index (χ0v) is 17.5. The molecule has 0 unspecified atom stereocenters. The van der Waals surface area contributed by atoms with E-state index >= 15 is 0 Å². The van der Waals surface area contributed by atoms with Gasteiger partial charge in [-0.3, -0.25) is 4.57 Å². The van der Waals surface area contributed by atoms with Crippen molar-refractivity contribution < 1.29 is 9.47 Å². The summed E-state index contributed by atoms with van der Waals surface area (Å²) in [6.45, 7) is 2.37. The van der Waals surface area contributed by atoms with Gasteiger partial charge in [0, 0.05) is 5.56 Å². The lowest BCUT2D eigenvalue weighted by atomic mass is 10.1. The minimum Gasteiger partial charge on any atom is -0.496 e. The SMILES string of the molecule is COc1cc(Cn2c(Br)nc3c(Cl)nc(N)nc32)c(Br)c(OC)c1C. The molecule has 2 N–H and O–H groups in total. The van der Waals surface area contributed by atoms with E-state index in [-0.39, 0.29) is 11.1 Å². The third-order valence-corrected chi connectivity index (χ3v) is 5.51. The lowest BCUT2D eigenvalue weighted by Crippen LogP contribution is -2.06. The van der Waals surface area contributed by atoms with Crippen molar-refractivity contribution in [3.8, 4) is 11.5 Å². The average molecular weight is 492 g/mol. The fourth-order valence-corrected chi connectivity index (χ4v) is 3.97. The van der Waals surface area contributed by atoms with Crippen LogP contribution in [0.4, 0.5) is 5.95 Å². The molecule has 0 bridgehead atoms. The number of hydrogen-bond acceptors (Lipinski definition) is 6. The monoisotopic (exact) mass is 489 g/mol. The number of anilines is 1. The van der Waals surface area contributed by atoms with E-state index in [1.54, 1.807) is 14.2 Å². The second-order valence-electron chi connectivity index (χ2n) is 5.22. The zero-order valence-electron chi connectivity index (χ0n) is 13.6. The number of fused-ring (bicyclic) bond motifs is 1. The van der Waals surface area contributed by atoms with Crippen LogP contribution >= 0.6 is 43.5 Å². The van der Waals surface area contributed by atoms with E-state index in [4.69, 9.17) is 26.8 Å². The highest BCUT2D eigenvalue weighted by Crippen LogP contribution is 2.39. The molecule has 7 nitrogen and oxygen atoms in total. The number of nitrogens with two attached hydrogens (primary N) is 1. The second-order valence-corrected chi connectivity index (χ2v) is 7.08. The molecule has 25 heavy (non-hydrogen) atoms. The number of rotatable bonds is 4. The first-order valence-electron chi connectivity index (χ1n) is 7.12. The molecule has 0 saturated heterocycles. The van der Waals surface area contributed by atoms with E-state index in [0.29, 0.717) is 28.2 Å². The van der Waals surface area contributed by atoms with E-state index in [9.17, 15) is 0 Å². The van der Waals surface area contributed by atoms with Gasteiger partial charge in [0.25, 0.3) is 0 Å². The largest absolute Gasteiger partial charge is 0.496 e. The number of imidazole rings is 1. The third-order valence-electron chi connectivity index (χ3n) is 3.77. The Labute approximate surface area is 165 Å². The maximum absolute atomic E-state index is 6.12. The Bertz CT molecular complexity index is 977. The van der Waals surface area contributed by atoms with Gasteiger partial charge in [0.05, 0.1) is 25.2 Å². The van der Waals surface area contributed by atoms with Gasteiger partial charge in [0.1, 0.15) is 17.0 Å². The Balaban J connectivity index is 2.18. The van der Waals surface area contributed by atoms with Crippen LogP contribution < -0.4 is 15.2 Å². The van der Waals surface area contributed by atoms with Gasteiger partial charge in [0.15, 0.2) is 15.5 Å². The van der Waals surface area contributed by atoms with Gasteiger partial charge in [0.2, 0.25) is 5.95 Å². The van der Waals surface area contributed by atoms with Crippen molar-refractivity contribution >= 4 is 60.6 Å². The Kier molecular flexibility index (Phi) is 5.08. The summed E-state index contributed by atoms with van der Waals surface area (Å²) in [7, 11) is 3.24. The van der Waals surface area contributed by atoms with Crippen LogP contribution in [0.15, 0.2) is 15.3 Å². The molecule has 0 aliphatic rings. The second kappa shape index (κ2) is 6.97. The van der Waals surface area contributed by atoms with Crippen molar-refractivity contribution in [1.29, 1.82) is 0 Å². The maximum Gasteiger partial charge on any atom is 0.223 e. The lowest BCUT2D eigenvalue weighted by Gasteiger charge is -2.16. The zero-order chi connectivity index (χ0) is 18.3. The molecule has 0 spiro atoms. The number of hydrogen-bond donors (Lipinski definition) is 1. The summed E-state index contributed by atoms with van der Waals surface area (Å²) < 4.78 is 14.2. The Hall–Kier alpha value is -1.58. The van der Waals surface area contributed by atoms with Crippen molar-refractivity contribution in [3.05, 3.63) is 31.6 Å². The fourth-order valence-electron chi connectivity index (χ4n) is 2.59. The normalized spacial score (nSPS) is 11.1. The summed E-state index contributed by atoms with van der Waals surface area (Å²) in [4.78, 5) is 12.6. The summed E-state index contributed by atoms with van der Waals surface area (Å²) in [6, 6.07) is 1.94. The molecule has 0 amide bonds. The van der Waals surface area contributed by atoms with Gasteiger partial charge in [-0.05, 0) is 50.4 Å². The number of benzene rings is 1. The van der Waals surface area contributed by atoms with Crippen LogP contribution in [0.1, 0.15) is 11.1 Å². The number of halogens is 3. The van der Waals surface area contributed by atoms with E-state index in [1.165, 1.54) is 0 Å². The van der Waals surface area contributed by atoms with Crippen LogP contribution in [0, 0.1) is 6.92 Å². The minimum atomic E-state index is 0.0873.